The number of carbonyl (C=O) groups excluding carboxylic acids is 1. The van der Waals surface area contributed by atoms with Gasteiger partial charge in [-0.3, -0.25) is 9.79 Å². The molecule has 7 nitrogen and oxygen atoms in total. The van der Waals surface area contributed by atoms with E-state index in [1.807, 2.05) is 32.0 Å². The van der Waals surface area contributed by atoms with E-state index in [4.69, 9.17) is 15.2 Å². The number of halogens is 1. The van der Waals surface area contributed by atoms with Crippen LogP contribution in [0.5, 0.6) is 11.5 Å². The fourth-order valence-electron chi connectivity index (χ4n) is 3.24. The van der Waals surface area contributed by atoms with Gasteiger partial charge in [0.05, 0.1) is 25.4 Å². The van der Waals surface area contributed by atoms with Crippen LogP contribution in [0.25, 0.3) is 0 Å². The van der Waals surface area contributed by atoms with Crippen molar-refractivity contribution in [1.82, 2.24) is 5.32 Å². The van der Waals surface area contributed by atoms with Crippen LogP contribution in [0.2, 0.25) is 0 Å². The maximum Gasteiger partial charge on any atom is 0.220 e. The molecule has 0 unspecified atom stereocenters. The van der Waals surface area contributed by atoms with Crippen LogP contribution in [-0.2, 0) is 4.79 Å². The van der Waals surface area contributed by atoms with Crippen molar-refractivity contribution in [3.05, 3.63) is 18.2 Å². The van der Waals surface area contributed by atoms with E-state index in [-0.39, 0.29) is 35.8 Å². The van der Waals surface area contributed by atoms with Crippen molar-refractivity contribution in [3.63, 3.8) is 0 Å². The maximum atomic E-state index is 11.9. The molecule has 1 saturated carbocycles. The lowest BCUT2D eigenvalue weighted by molar-refractivity contribution is -0.121. The Labute approximate surface area is 184 Å². The van der Waals surface area contributed by atoms with Gasteiger partial charge >= 0.3 is 0 Å². The molecule has 0 atom stereocenters. The number of rotatable bonds is 10. The number of guanidine groups is 1. The van der Waals surface area contributed by atoms with Gasteiger partial charge in [-0.2, -0.15) is 0 Å². The lowest BCUT2D eigenvalue weighted by atomic mass is 10.0. The number of hydrogen-bond donors (Lipinski definition) is 3. The summed E-state index contributed by atoms with van der Waals surface area (Å²) in [6.45, 7) is 5.88. The Balaban J connectivity index is 0.00000392. The first kappa shape index (κ1) is 24.3. The van der Waals surface area contributed by atoms with Gasteiger partial charge in [-0.25, -0.2) is 0 Å². The van der Waals surface area contributed by atoms with Crippen molar-refractivity contribution < 1.29 is 14.3 Å². The predicted molar refractivity (Wildman–Crippen MR) is 124 cm³/mol. The average Bonchev–Trinajstić information content (AvgIpc) is 3.14. The summed E-state index contributed by atoms with van der Waals surface area (Å²) in [4.78, 5) is 16.2. The predicted octanol–water partition coefficient (Wildman–Crippen LogP) is 3.53. The van der Waals surface area contributed by atoms with Gasteiger partial charge < -0.3 is 25.8 Å². The number of nitrogens with one attached hydrogen (secondary N) is 2. The number of amides is 1. The molecule has 0 bridgehead atoms. The molecule has 2 rings (SSSR count). The lowest BCUT2D eigenvalue weighted by Crippen LogP contribution is -2.29. The summed E-state index contributed by atoms with van der Waals surface area (Å²) < 4.78 is 11.1. The first-order valence-electron chi connectivity index (χ1n) is 9.85. The minimum atomic E-state index is 0. The molecule has 1 aliphatic carbocycles. The molecule has 0 radical (unpaired) electrons. The fraction of sp³-hybridized carbons (Fsp3) is 0.600. The third kappa shape index (κ3) is 8.53. The number of nitrogens with two attached hydrogens (primary N) is 1. The molecule has 0 heterocycles. The van der Waals surface area contributed by atoms with Crippen LogP contribution in [0.4, 0.5) is 5.69 Å². The van der Waals surface area contributed by atoms with Gasteiger partial charge in [-0.15, -0.1) is 24.0 Å². The van der Waals surface area contributed by atoms with Crippen molar-refractivity contribution >= 4 is 41.5 Å². The van der Waals surface area contributed by atoms with Gasteiger partial charge in [0.15, 0.2) is 5.96 Å². The Hall–Kier alpha value is -1.71. The van der Waals surface area contributed by atoms with Crippen LogP contribution in [0.3, 0.4) is 0 Å². The zero-order valence-electron chi connectivity index (χ0n) is 16.8. The summed E-state index contributed by atoms with van der Waals surface area (Å²) in [6, 6.07) is 5.53. The van der Waals surface area contributed by atoms with E-state index in [2.05, 4.69) is 15.6 Å². The van der Waals surface area contributed by atoms with Gasteiger partial charge in [0.1, 0.15) is 11.5 Å². The van der Waals surface area contributed by atoms with Crippen LogP contribution in [0.15, 0.2) is 23.2 Å². The molecule has 28 heavy (non-hydrogen) atoms. The molecule has 0 spiro atoms. The summed E-state index contributed by atoms with van der Waals surface area (Å²) in [6.07, 6.45) is 5.47. The van der Waals surface area contributed by atoms with E-state index in [0.717, 1.165) is 5.75 Å². The highest BCUT2D eigenvalue weighted by atomic mass is 127. The zero-order valence-corrected chi connectivity index (χ0v) is 19.2. The third-order valence-corrected chi connectivity index (χ3v) is 4.49. The molecule has 1 amide bonds. The van der Waals surface area contributed by atoms with E-state index in [1.165, 1.54) is 25.7 Å². The molecule has 0 aliphatic heterocycles. The summed E-state index contributed by atoms with van der Waals surface area (Å²) in [5, 5.41) is 5.96. The molecule has 1 aromatic rings. The number of nitrogens with zero attached hydrogens (tertiary/aromatic N) is 1. The fourth-order valence-corrected chi connectivity index (χ4v) is 3.24. The SMILES string of the molecule is CCOc1ccc(OCC)c(NC(N)=NCCNC(=O)CC2CCCC2)c1.I. The van der Waals surface area contributed by atoms with Gasteiger partial charge in [0.25, 0.3) is 0 Å². The minimum Gasteiger partial charge on any atom is -0.494 e. The minimum absolute atomic E-state index is 0. The third-order valence-electron chi connectivity index (χ3n) is 4.49. The molecule has 8 heteroatoms. The Morgan fingerprint density at radius 1 is 1.21 bits per heavy atom. The smallest absolute Gasteiger partial charge is 0.220 e. The maximum absolute atomic E-state index is 11.9. The molecule has 158 valence electrons. The van der Waals surface area contributed by atoms with E-state index < -0.39 is 0 Å². The number of hydrogen-bond acceptors (Lipinski definition) is 4. The van der Waals surface area contributed by atoms with Crippen molar-refractivity contribution in [1.29, 1.82) is 0 Å². The molecule has 0 aromatic heterocycles. The van der Waals surface area contributed by atoms with Crippen molar-refractivity contribution in [3.8, 4) is 11.5 Å². The molecule has 4 N–H and O–H groups in total. The molecular formula is C20H33IN4O3. The van der Waals surface area contributed by atoms with Crippen molar-refractivity contribution in [2.75, 3.05) is 31.6 Å². The van der Waals surface area contributed by atoms with Gasteiger partial charge in [-0.05, 0) is 44.7 Å². The number of benzene rings is 1. The zero-order chi connectivity index (χ0) is 19.5. The largest absolute Gasteiger partial charge is 0.494 e. The Morgan fingerprint density at radius 2 is 1.93 bits per heavy atom. The first-order valence-corrected chi connectivity index (χ1v) is 9.85. The lowest BCUT2D eigenvalue weighted by Gasteiger charge is -2.14. The molecule has 1 aromatic carbocycles. The number of anilines is 1. The summed E-state index contributed by atoms with van der Waals surface area (Å²) >= 11 is 0. The van der Waals surface area contributed by atoms with Gasteiger partial charge in [-0.1, -0.05) is 12.8 Å². The molecule has 0 saturated heterocycles. The van der Waals surface area contributed by atoms with Crippen LogP contribution in [0.1, 0.15) is 46.0 Å². The van der Waals surface area contributed by atoms with Crippen molar-refractivity contribution in [2.45, 2.75) is 46.0 Å². The van der Waals surface area contributed by atoms with Crippen LogP contribution in [-0.4, -0.2) is 38.2 Å². The molecular weight excluding hydrogens is 471 g/mol. The Kier molecular flexibility index (Phi) is 11.7. The number of ether oxygens (including phenoxy) is 2. The van der Waals surface area contributed by atoms with E-state index in [9.17, 15) is 4.79 Å². The van der Waals surface area contributed by atoms with Crippen LogP contribution < -0.4 is 25.8 Å². The number of aliphatic imine (C=N–C) groups is 1. The van der Waals surface area contributed by atoms with E-state index in [0.29, 0.717) is 50.1 Å². The van der Waals surface area contributed by atoms with Crippen LogP contribution in [0, 0.1) is 5.92 Å². The van der Waals surface area contributed by atoms with Crippen molar-refractivity contribution in [2.24, 2.45) is 16.6 Å². The van der Waals surface area contributed by atoms with E-state index >= 15 is 0 Å². The normalized spacial score (nSPS) is 14.3. The highest BCUT2D eigenvalue weighted by Gasteiger charge is 2.17. The second kappa shape index (κ2) is 13.5. The van der Waals surface area contributed by atoms with Gasteiger partial charge in [0, 0.05) is 19.0 Å². The van der Waals surface area contributed by atoms with E-state index in [1.54, 1.807) is 0 Å². The quantitative estimate of drug-likeness (QED) is 0.196. The highest BCUT2D eigenvalue weighted by Crippen LogP contribution is 2.29. The van der Waals surface area contributed by atoms with Crippen LogP contribution >= 0.6 is 24.0 Å². The van der Waals surface area contributed by atoms with Gasteiger partial charge in [0.2, 0.25) is 5.91 Å². The molecule has 1 aliphatic rings. The highest BCUT2D eigenvalue weighted by molar-refractivity contribution is 14.0. The summed E-state index contributed by atoms with van der Waals surface area (Å²) in [5.41, 5.74) is 6.68. The Bertz CT molecular complexity index is 634. The topological polar surface area (TPSA) is 98.0 Å². The second-order valence-corrected chi connectivity index (χ2v) is 6.62. The number of carbonyl (C=O) groups is 1. The monoisotopic (exact) mass is 504 g/mol. The molecule has 1 fully saturated rings. The second-order valence-electron chi connectivity index (χ2n) is 6.62. The first-order chi connectivity index (χ1) is 13.1. The average molecular weight is 504 g/mol. The summed E-state index contributed by atoms with van der Waals surface area (Å²) in [5.74, 6) is 2.34. The standard InChI is InChI=1S/C20H32N4O3.HI/c1-3-26-16-9-10-18(27-4-2)17(14-16)24-20(21)23-12-11-22-19(25)13-15-7-5-6-8-15;/h9-10,14-15H,3-8,11-13H2,1-2H3,(H,22,25)(H3,21,23,24);1H. The Morgan fingerprint density at radius 3 is 2.61 bits per heavy atom. The summed E-state index contributed by atoms with van der Waals surface area (Å²) in [7, 11) is 0.